The Balaban J connectivity index is 0.000000343. The number of aromatic nitrogens is 1. The number of carbonyl (C=O) groups excluding carboxylic acids is 1. The third-order valence-electron chi connectivity index (χ3n) is 5.73. The number of rotatable bonds is 7. The second kappa shape index (κ2) is 12.4. The Labute approximate surface area is 204 Å². The summed E-state index contributed by atoms with van der Waals surface area (Å²) < 4.78 is 5.31. The molecule has 3 N–H and O–H groups in total. The number of aldehydes is 1. The number of nitrogens with two attached hydrogens (primary N) is 1. The van der Waals surface area contributed by atoms with Gasteiger partial charge in [0.15, 0.2) is 11.3 Å². The van der Waals surface area contributed by atoms with Crippen LogP contribution in [-0.4, -0.2) is 56.0 Å². The molecule has 2 aromatic carbocycles. The van der Waals surface area contributed by atoms with E-state index >= 15 is 0 Å². The van der Waals surface area contributed by atoms with Gasteiger partial charge in [-0.05, 0) is 44.4 Å². The predicted molar refractivity (Wildman–Crippen MR) is 139 cm³/mol. The highest BCUT2D eigenvalue weighted by Gasteiger charge is 2.12. The number of carbonyl (C=O) groups is 1. The molecular formula is C26H31N5O2S. The van der Waals surface area contributed by atoms with E-state index in [0.29, 0.717) is 29.8 Å². The van der Waals surface area contributed by atoms with Crippen molar-refractivity contribution in [2.75, 3.05) is 39.1 Å². The Morgan fingerprint density at radius 1 is 1.38 bits per heavy atom. The first-order valence-electron chi connectivity index (χ1n) is 11.2. The van der Waals surface area contributed by atoms with Crippen molar-refractivity contribution in [1.82, 2.24) is 9.88 Å². The largest absolute Gasteiger partial charge is 0.380 e. The quantitative estimate of drug-likeness (QED) is 0.383. The zero-order chi connectivity index (χ0) is 24.5. The normalized spacial score (nSPS) is 14.2. The summed E-state index contributed by atoms with van der Waals surface area (Å²) in [5.74, 6) is 0. The van der Waals surface area contributed by atoms with Gasteiger partial charge >= 0.3 is 0 Å². The third kappa shape index (κ3) is 6.72. The van der Waals surface area contributed by atoms with E-state index in [4.69, 9.17) is 15.7 Å². The summed E-state index contributed by atoms with van der Waals surface area (Å²) in [6.45, 7) is 6.90. The van der Waals surface area contributed by atoms with Crippen molar-refractivity contribution in [2.24, 2.45) is 5.73 Å². The van der Waals surface area contributed by atoms with Gasteiger partial charge in [-0.3, -0.25) is 4.79 Å². The van der Waals surface area contributed by atoms with Gasteiger partial charge in [0, 0.05) is 52.9 Å². The van der Waals surface area contributed by atoms with Crippen LogP contribution in [0, 0.1) is 11.3 Å². The number of methoxy groups -OCH3 is 1. The minimum Gasteiger partial charge on any atom is -0.380 e. The highest BCUT2D eigenvalue weighted by molar-refractivity contribution is 7.11. The summed E-state index contributed by atoms with van der Waals surface area (Å²) in [4.78, 5) is 17.6. The minimum atomic E-state index is 0.364. The molecule has 0 atom stereocenters. The van der Waals surface area contributed by atoms with Gasteiger partial charge in [0.25, 0.3) is 0 Å². The molecule has 0 bridgehead atoms. The summed E-state index contributed by atoms with van der Waals surface area (Å²) in [6, 6.07) is 12.6. The van der Waals surface area contributed by atoms with Crippen LogP contribution in [0.3, 0.4) is 0 Å². The number of piperidine rings is 1. The lowest BCUT2D eigenvalue weighted by atomic mass is 10.0. The van der Waals surface area contributed by atoms with Crippen molar-refractivity contribution in [3.63, 3.8) is 0 Å². The predicted octanol–water partition coefficient (Wildman–Crippen LogP) is 4.45. The van der Waals surface area contributed by atoms with Gasteiger partial charge in [-0.15, -0.1) is 11.3 Å². The van der Waals surface area contributed by atoms with Crippen LogP contribution < -0.4 is 11.1 Å². The SMILES string of the molecule is C=C(C#N)CNc1c(COC)ccc2ccc(-c3csc(C=O)n3)cc12.CN1CCC(N)CC1. The topological polar surface area (TPSA) is 104 Å². The Morgan fingerprint density at radius 2 is 2.12 bits per heavy atom. The molecule has 4 rings (SSSR count). The molecule has 0 aliphatic carbocycles. The van der Waals surface area contributed by atoms with Gasteiger partial charge < -0.3 is 20.7 Å². The molecule has 0 saturated carbocycles. The summed E-state index contributed by atoms with van der Waals surface area (Å²) in [6.07, 6.45) is 3.11. The third-order valence-corrected chi connectivity index (χ3v) is 6.50. The Bertz CT molecular complexity index is 1170. The highest BCUT2D eigenvalue weighted by Crippen LogP contribution is 2.32. The van der Waals surface area contributed by atoms with E-state index in [9.17, 15) is 4.79 Å². The molecule has 1 fully saturated rings. The van der Waals surface area contributed by atoms with Gasteiger partial charge in [0.2, 0.25) is 0 Å². The fourth-order valence-corrected chi connectivity index (χ4v) is 4.37. The van der Waals surface area contributed by atoms with Crippen molar-refractivity contribution >= 4 is 34.1 Å². The molecule has 8 heteroatoms. The van der Waals surface area contributed by atoms with E-state index in [-0.39, 0.29) is 0 Å². The molecule has 1 saturated heterocycles. The van der Waals surface area contributed by atoms with Gasteiger partial charge in [-0.25, -0.2) is 4.98 Å². The lowest BCUT2D eigenvalue weighted by Crippen LogP contribution is -2.37. The Hall–Kier alpha value is -3.09. The van der Waals surface area contributed by atoms with Gasteiger partial charge in [0.1, 0.15) is 0 Å². The first-order valence-corrected chi connectivity index (χ1v) is 12.0. The fraction of sp³-hybridized carbons (Fsp3) is 0.346. The van der Waals surface area contributed by atoms with Crippen molar-refractivity contribution in [2.45, 2.75) is 25.5 Å². The van der Waals surface area contributed by atoms with Crippen molar-refractivity contribution in [3.8, 4) is 17.3 Å². The number of ether oxygens (including phenoxy) is 1. The maximum atomic E-state index is 10.9. The monoisotopic (exact) mass is 477 g/mol. The van der Waals surface area contributed by atoms with E-state index in [1.54, 1.807) is 7.11 Å². The number of hydrogen-bond donors (Lipinski definition) is 2. The maximum Gasteiger partial charge on any atom is 0.178 e. The number of fused-ring (bicyclic) bond motifs is 1. The van der Waals surface area contributed by atoms with Gasteiger partial charge in [0.05, 0.1) is 18.4 Å². The van der Waals surface area contributed by atoms with E-state index in [2.05, 4.69) is 34.9 Å². The molecule has 1 aliphatic rings. The van der Waals surface area contributed by atoms with Crippen LogP contribution in [0.25, 0.3) is 22.0 Å². The van der Waals surface area contributed by atoms with E-state index in [1.165, 1.54) is 37.3 Å². The number of benzene rings is 2. The smallest absolute Gasteiger partial charge is 0.178 e. The molecule has 178 valence electrons. The van der Waals surface area contributed by atoms with Crippen LogP contribution in [-0.2, 0) is 11.3 Å². The van der Waals surface area contributed by atoms with E-state index < -0.39 is 0 Å². The van der Waals surface area contributed by atoms with Crippen LogP contribution >= 0.6 is 11.3 Å². The molecule has 1 aliphatic heterocycles. The molecule has 0 unspecified atom stereocenters. The number of thiazole rings is 1. The lowest BCUT2D eigenvalue weighted by Gasteiger charge is -2.25. The number of nitriles is 1. The standard InChI is InChI=1S/C20H17N3O2S.C6H14N2/c1-13(8-21)9-22-20-16(11-25-2)6-4-14-3-5-15(7-17(14)20)18-12-26-19(10-24)23-18;1-8-4-2-6(7)3-5-8/h3-7,10,12,22H,1,9,11H2,2H3;6H,2-5,7H2,1H3. The molecule has 0 spiro atoms. The maximum absolute atomic E-state index is 10.9. The van der Waals surface area contributed by atoms with Crippen LogP contribution in [0.5, 0.6) is 0 Å². The fourth-order valence-electron chi connectivity index (χ4n) is 3.75. The van der Waals surface area contributed by atoms with E-state index in [0.717, 1.165) is 39.6 Å². The number of nitrogens with zero attached hydrogens (tertiary/aromatic N) is 3. The number of anilines is 1. The molecule has 2 heterocycles. The average molecular weight is 478 g/mol. The van der Waals surface area contributed by atoms with E-state index in [1.807, 2.05) is 35.7 Å². The number of nitrogens with one attached hydrogen (secondary N) is 1. The summed E-state index contributed by atoms with van der Waals surface area (Å²) >= 11 is 1.32. The van der Waals surface area contributed by atoms with Gasteiger partial charge in [-0.1, -0.05) is 30.8 Å². The molecule has 34 heavy (non-hydrogen) atoms. The molecule has 3 aromatic rings. The summed E-state index contributed by atoms with van der Waals surface area (Å²) in [7, 11) is 3.79. The molecule has 7 nitrogen and oxygen atoms in total. The van der Waals surface area contributed by atoms with Crippen molar-refractivity contribution < 1.29 is 9.53 Å². The van der Waals surface area contributed by atoms with Gasteiger partial charge in [-0.2, -0.15) is 5.26 Å². The van der Waals surface area contributed by atoms with Crippen LogP contribution in [0.15, 0.2) is 47.9 Å². The summed E-state index contributed by atoms with van der Waals surface area (Å²) in [5, 5.41) is 16.7. The van der Waals surface area contributed by atoms with Crippen molar-refractivity contribution in [1.29, 1.82) is 5.26 Å². The summed E-state index contributed by atoms with van der Waals surface area (Å²) in [5.41, 5.74) is 9.73. The van der Waals surface area contributed by atoms with Crippen LogP contribution in [0.2, 0.25) is 0 Å². The molecule has 0 radical (unpaired) electrons. The zero-order valence-electron chi connectivity index (χ0n) is 19.7. The highest BCUT2D eigenvalue weighted by atomic mass is 32.1. The second-order valence-electron chi connectivity index (χ2n) is 8.37. The average Bonchev–Trinajstić information content (AvgIpc) is 3.34. The lowest BCUT2D eigenvalue weighted by molar-refractivity contribution is 0.112. The number of hydrogen-bond acceptors (Lipinski definition) is 8. The minimum absolute atomic E-state index is 0.364. The second-order valence-corrected chi connectivity index (χ2v) is 9.26. The Morgan fingerprint density at radius 3 is 2.74 bits per heavy atom. The molecular weight excluding hydrogens is 446 g/mol. The van der Waals surface area contributed by atoms with Crippen LogP contribution in [0.4, 0.5) is 5.69 Å². The van der Waals surface area contributed by atoms with Crippen LogP contribution in [0.1, 0.15) is 28.2 Å². The molecule has 1 aromatic heterocycles. The zero-order valence-corrected chi connectivity index (χ0v) is 20.5. The first-order chi connectivity index (χ1) is 16.4. The molecule has 0 amide bonds. The first kappa shape index (κ1) is 25.5. The number of likely N-dealkylation sites (tertiary alicyclic amines) is 1. The Kier molecular flexibility index (Phi) is 9.31. The van der Waals surface area contributed by atoms with Crippen molar-refractivity contribution in [3.05, 3.63) is 58.4 Å².